The van der Waals surface area contributed by atoms with Crippen LogP contribution >= 0.6 is 0 Å². The zero-order valence-corrected chi connectivity index (χ0v) is 10.3. The molecule has 4 nitrogen and oxygen atoms in total. The first-order valence-corrected chi connectivity index (χ1v) is 5.95. The largest absolute Gasteiger partial charge is 0.382 e. The van der Waals surface area contributed by atoms with Crippen molar-refractivity contribution in [3.8, 4) is 0 Å². The van der Waals surface area contributed by atoms with Crippen molar-refractivity contribution in [1.82, 2.24) is 9.78 Å². The van der Waals surface area contributed by atoms with Gasteiger partial charge in [0.25, 0.3) is 6.43 Å². The Hall–Kier alpha value is -2.31. The van der Waals surface area contributed by atoms with Gasteiger partial charge in [0.1, 0.15) is 17.3 Å². The maximum absolute atomic E-state index is 13.9. The van der Waals surface area contributed by atoms with E-state index in [2.05, 4.69) is 10.1 Å². The van der Waals surface area contributed by atoms with E-state index in [4.69, 9.17) is 5.73 Å². The standard InChI is InChI=1S/C13H11F3N4/c14-9-4-2-1-3-8(9)13(12(15)16)7-20-10(5-6-18-20)11(17)19-13/h1-6,12H,7H2,(H2,17,19). The highest BCUT2D eigenvalue weighted by Gasteiger charge is 2.47. The van der Waals surface area contributed by atoms with Gasteiger partial charge < -0.3 is 5.73 Å². The molecule has 3 rings (SSSR count). The first-order valence-electron chi connectivity index (χ1n) is 5.95. The Morgan fingerprint density at radius 2 is 2.00 bits per heavy atom. The predicted octanol–water partition coefficient (Wildman–Crippen LogP) is 1.90. The molecule has 0 fully saturated rings. The SMILES string of the molecule is NC1=NC(c2ccccc2F)(C(F)F)Cn2nccc21. The fraction of sp³-hybridized carbons (Fsp3) is 0.231. The number of nitrogens with zero attached hydrogens (tertiary/aromatic N) is 3. The number of halogens is 3. The molecule has 1 aromatic carbocycles. The summed E-state index contributed by atoms with van der Waals surface area (Å²) in [6.45, 7) is -0.255. The normalized spacial score (nSPS) is 21.7. The van der Waals surface area contributed by atoms with Crippen LogP contribution in [0.5, 0.6) is 0 Å². The number of alkyl halides is 2. The number of rotatable bonds is 2. The number of hydrogen-bond donors (Lipinski definition) is 1. The maximum Gasteiger partial charge on any atom is 0.269 e. The average molecular weight is 280 g/mol. The van der Waals surface area contributed by atoms with Crippen LogP contribution in [0.15, 0.2) is 41.5 Å². The minimum atomic E-state index is -2.91. The molecule has 1 aliphatic heterocycles. The zero-order chi connectivity index (χ0) is 14.3. The van der Waals surface area contributed by atoms with Gasteiger partial charge in [0.05, 0.1) is 6.54 Å². The summed E-state index contributed by atoms with van der Waals surface area (Å²) in [6, 6.07) is 6.94. The lowest BCUT2D eigenvalue weighted by Crippen LogP contribution is -2.44. The molecule has 2 heterocycles. The Labute approximate surface area is 112 Å². The van der Waals surface area contributed by atoms with Gasteiger partial charge in [-0.25, -0.2) is 18.2 Å². The molecule has 7 heteroatoms. The smallest absolute Gasteiger partial charge is 0.269 e. The number of benzene rings is 1. The van der Waals surface area contributed by atoms with Crippen molar-refractivity contribution in [1.29, 1.82) is 0 Å². The lowest BCUT2D eigenvalue weighted by atomic mass is 9.89. The fourth-order valence-corrected chi connectivity index (χ4v) is 2.41. The van der Waals surface area contributed by atoms with Gasteiger partial charge >= 0.3 is 0 Å². The predicted molar refractivity (Wildman–Crippen MR) is 67.0 cm³/mol. The molecule has 1 aliphatic rings. The third-order valence-electron chi connectivity index (χ3n) is 3.39. The molecule has 2 aromatic rings. The molecule has 20 heavy (non-hydrogen) atoms. The molecule has 0 radical (unpaired) electrons. The molecule has 0 bridgehead atoms. The van der Waals surface area contributed by atoms with Crippen LogP contribution in [0.3, 0.4) is 0 Å². The summed E-state index contributed by atoms with van der Waals surface area (Å²) in [7, 11) is 0. The lowest BCUT2D eigenvalue weighted by molar-refractivity contribution is 0.0363. The van der Waals surface area contributed by atoms with E-state index in [1.165, 1.54) is 29.1 Å². The summed E-state index contributed by atoms with van der Waals surface area (Å²) in [5, 5.41) is 3.94. The quantitative estimate of drug-likeness (QED) is 0.913. The van der Waals surface area contributed by atoms with E-state index >= 15 is 0 Å². The number of aromatic nitrogens is 2. The second kappa shape index (κ2) is 4.36. The Morgan fingerprint density at radius 1 is 1.25 bits per heavy atom. The molecular formula is C13H11F3N4. The van der Waals surface area contributed by atoms with Gasteiger partial charge in [-0.05, 0) is 12.1 Å². The number of amidine groups is 1. The van der Waals surface area contributed by atoms with Crippen molar-refractivity contribution < 1.29 is 13.2 Å². The van der Waals surface area contributed by atoms with Crippen LogP contribution in [-0.2, 0) is 12.1 Å². The molecule has 1 unspecified atom stereocenters. The second-order valence-electron chi connectivity index (χ2n) is 4.58. The van der Waals surface area contributed by atoms with E-state index in [1.54, 1.807) is 6.07 Å². The molecule has 0 aliphatic carbocycles. The van der Waals surface area contributed by atoms with Crippen LogP contribution in [0.25, 0.3) is 0 Å². The number of fused-ring (bicyclic) bond motifs is 1. The molecule has 0 saturated carbocycles. The number of aliphatic imine (C=N–C) groups is 1. The summed E-state index contributed by atoms with van der Waals surface area (Å²) >= 11 is 0. The van der Waals surface area contributed by atoms with Gasteiger partial charge in [0, 0.05) is 11.8 Å². The van der Waals surface area contributed by atoms with Gasteiger partial charge in [-0.2, -0.15) is 5.10 Å². The molecule has 104 valence electrons. The van der Waals surface area contributed by atoms with Gasteiger partial charge in [-0.1, -0.05) is 18.2 Å². The van der Waals surface area contributed by atoms with Crippen LogP contribution in [-0.4, -0.2) is 22.0 Å². The molecule has 0 spiro atoms. The van der Waals surface area contributed by atoms with Gasteiger partial charge in [-0.15, -0.1) is 0 Å². The number of nitrogens with two attached hydrogens (primary N) is 1. The van der Waals surface area contributed by atoms with Crippen molar-refractivity contribution >= 4 is 5.84 Å². The third kappa shape index (κ3) is 1.70. The Balaban J connectivity index is 2.22. The van der Waals surface area contributed by atoms with Gasteiger partial charge in [0.2, 0.25) is 0 Å². The zero-order valence-electron chi connectivity index (χ0n) is 10.3. The van der Waals surface area contributed by atoms with Crippen molar-refractivity contribution in [3.63, 3.8) is 0 Å². The Kier molecular flexibility index (Phi) is 2.77. The fourth-order valence-electron chi connectivity index (χ4n) is 2.41. The highest BCUT2D eigenvalue weighted by atomic mass is 19.3. The Bertz CT molecular complexity index is 680. The minimum absolute atomic E-state index is 0.0719. The monoisotopic (exact) mass is 280 g/mol. The molecule has 2 N–H and O–H groups in total. The van der Waals surface area contributed by atoms with Gasteiger partial charge in [-0.3, -0.25) is 4.68 Å². The highest BCUT2D eigenvalue weighted by molar-refractivity contribution is 5.96. The summed E-state index contributed by atoms with van der Waals surface area (Å²) < 4.78 is 42.5. The van der Waals surface area contributed by atoms with Crippen molar-refractivity contribution in [3.05, 3.63) is 53.6 Å². The topological polar surface area (TPSA) is 56.2 Å². The lowest BCUT2D eigenvalue weighted by Gasteiger charge is -2.33. The summed E-state index contributed by atoms with van der Waals surface area (Å²) in [4.78, 5) is 3.90. The molecule has 1 aromatic heterocycles. The summed E-state index contributed by atoms with van der Waals surface area (Å²) in [5.74, 6) is -0.808. The minimum Gasteiger partial charge on any atom is -0.382 e. The first-order chi connectivity index (χ1) is 9.54. The molecule has 1 atom stereocenters. The summed E-state index contributed by atoms with van der Waals surface area (Å²) in [5.41, 5.74) is 3.95. The van der Waals surface area contributed by atoms with Crippen LogP contribution in [0.4, 0.5) is 13.2 Å². The van der Waals surface area contributed by atoms with E-state index in [1.807, 2.05) is 0 Å². The number of hydrogen-bond acceptors (Lipinski definition) is 3. The van der Waals surface area contributed by atoms with Crippen molar-refractivity contribution in [2.75, 3.05) is 0 Å². The van der Waals surface area contributed by atoms with Crippen LogP contribution in [0, 0.1) is 5.82 Å². The molecule has 0 saturated heterocycles. The first kappa shape index (κ1) is 12.7. The average Bonchev–Trinajstić information content (AvgIpc) is 2.87. The van der Waals surface area contributed by atoms with E-state index in [-0.39, 0.29) is 17.9 Å². The third-order valence-corrected chi connectivity index (χ3v) is 3.39. The second-order valence-corrected chi connectivity index (χ2v) is 4.58. The van der Waals surface area contributed by atoms with Gasteiger partial charge in [0.15, 0.2) is 5.54 Å². The van der Waals surface area contributed by atoms with E-state index < -0.39 is 17.8 Å². The Morgan fingerprint density at radius 3 is 2.70 bits per heavy atom. The van der Waals surface area contributed by atoms with Crippen LogP contribution < -0.4 is 5.73 Å². The van der Waals surface area contributed by atoms with E-state index in [9.17, 15) is 13.2 Å². The maximum atomic E-state index is 13.9. The van der Waals surface area contributed by atoms with Crippen LogP contribution in [0.2, 0.25) is 0 Å². The highest BCUT2D eigenvalue weighted by Crippen LogP contribution is 2.38. The van der Waals surface area contributed by atoms with Crippen molar-refractivity contribution in [2.45, 2.75) is 18.5 Å². The van der Waals surface area contributed by atoms with Crippen LogP contribution in [0.1, 0.15) is 11.3 Å². The molecular weight excluding hydrogens is 269 g/mol. The molecule has 0 amide bonds. The van der Waals surface area contributed by atoms with Crippen molar-refractivity contribution in [2.24, 2.45) is 10.7 Å². The van der Waals surface area contributed by atoms with E-state index in [0.29, 0.717) is 5.69 Å². The summed E-state index contributed by atoms with van der Waals surface area (Å²) in [6.07, 6.45) is -1.46. The van der Waals surface area contributed by atoms with E-state index in [0.717, 1.165) is 6.07 Å².